The molecule has 1 aliphatic rings. The van der Waals surface area contributed by atoms with Crippen LogP contribution in [0.5, 0.6) is 0 Å². The van der Waals surface area contributed by atoms with Gasteiger partial charge in [-0.3, -0.25) is 9.59 Å². The summed E-state index contributed by atoms with van der Waals surface area (Å²) >= 11 is 0. The normalized spacial score (nSPS) is 20.3. The van der Waals surface area contributed by atoms with E-state index in [-0.39, 0.29) is 12.3 Å². The largest absolute Gasteiger partial charge is 0.481 e. The van der Waals surface area contributed by atoms with Crippen LogP contribution in [0, 0.1) is 5.92 Å². The van der Waals surface area contributed by atoms with E-state index in [9.17, 15) is 19.8 Å². The number of hydrogen-bond donors (Lipinski definition) is 3. The number of carbonyl (C=O) groups excluding carboxylic acids is 1. The second-order valence-corrected chi connectivity index (χ2v) is 12.1. The monoisotopic (exact) mass is 564 g/mol. The number of aliphatic carboxylic acids is 1. The highest BCUT2D eigenvalue weighted by Gasteiger charge is 2.49. The van der Waals surface area contributed by atoms with Crippen molar-refractivity contribution >= 4 is 11.8 Å². The summed E-state index contributed by atoms with van der Waals surface area (Å²) in [5, 5.41) is 30.4. The number of Topliss-reactive ketones (excluding diaryl/α,β-unsaturated/α-hetero) is 1. The van der Waals surface area contributed by atoms with Gasteiger partial charge in [0.1, 0.15) is 5.78 Å². The zero-order valence-electron chi connectivity index (χ0n) is 25.3. The summed E-state index contributed by atoms with van der Waals surface area (Å²) in [6.07, 6.45) is 12.6. The number of rotatable bonds is 19. The lowest BCUT2D eigenvalue weighted by atomic mass is 9.65. The summed E-state index contributed by atoms with van der Waals surface area (Å²) < 4.78 is 0. The Kier molecular flexibility index (Phi) is 13.5. The minimum absolute atomic E-state index is 0.150. The van der Waals surface area contributed by atoms with Gasteiger partial charge in [-0.15, -0.1) is 0 Å². The van der Waals surface area contributed by atoms with Crippen LogP contribution >= 0.6 is 0 Å². The molecule has 1 fully saturated rings. The quantitative estimate of drug-likeness (QED) is 0.149. The standard InChI is InChI=1S/C36H52O5/c1-3-5-9-14-32(37)27-17-21-29(22-18-27)36(30-23-19-28(20-24-30)33(38)15-10-6-4-2)26-25-34(39)31(36)13-11-7-8-12-16-35(40)41/h17-24,31-33,37-38H,3-16,25-26H2,1-2H3,(H,40,41)/t31-,32-,33+,36?/m0/s1. The fraction of sp³-hybridized carbons (Fsp3) is 0.611. The Morgan fingerprint density at radius 2 is 1.24 bits per heavy atom. The van der Waals surface area contributed by atoms with E-state index in [0.29, 0.717) is 18.6 Å². The number of ketones is 1. The van der Waals surface area contributed by atoms with E-state index < -0.39 is 23.6 Å². The third-order valence-corrected chi connectivity index (χ3v) is 9.17. The smallest absolute Gasteiger partial charge is 0.303 e. The first-order chi connectivity index (χ1) is 19.8. The third-order valence-electron chi connectivity index (χ3n) is 9.17. The first-order valence-corrected chi connectivity index (χ1v) is 16.1. The lowest BCUT2D eigenvalue weighted by Crippen LogP contribution is -2.34. The molecule has 1 saturated carbocycles. The summed E-state index contributed by atoms with van der Waals surface area (Å²) in [4.78, 5) is 24.3. The Hall–Kier alpha value is -2.50. The molecule has 5 nitrogen and oxygen atoms in total. The number of carboxylic acid groups (broad SMARTS) is 1. The second kappa shape index (κ2) is 16.8. The van der Waals surface area contributed by atoms with Gasteiger partial charge in [-0.25, -0.2) is 0 Å². The maximum atomic E-state index is 13.4. The average Bonchev–Trinajstić information content (AvgIpc) is 3.31. The molecule has 3 rings (SSSR count). The van der Waals surface area contributed by atoms with Crippen LogP contribution in [0.1, 0.15) is 151 Å². The Morgan fingerprint density at radius 3 is 1.71 bits per heavy atom. The molecule has 0 heterocycles. The number of carbonyl (C=O) groups is 2. The molecule has 0 bridgehead atoms. The lowest BCUT2D eigenvalue weighted by Gasteiger charge is -2.37. The second-order valence-electron chi connectivity index (χ2n) is 12.1. The SMILES string of the molecule is CCCCC[C@@H](O)c1ccc(C2(c3ccc([C@@H](O)CCCCC)cc3)CCC(=O)[C@@H]2CCCCCCC(=O)O)cc1. The van der Waals surface area contributed by atoms with Crippen molar-refractivity contribution in [2.45, 2.75) is 134 Å². The molecule has 0 saturated heterocycles. The van der Waals surface area contributed by atoms with Crippen LogP contribution in [0.4, 0.5) is 0 Å². The molecular weight excluding hydrogens is 512 g/mol. The van der Waals surface area contributed by atoms with E-state index >= 15 is 0 Å². The lowest BCUT2D eigenvalue weighted by molar-refractivity contribution is -0.137. The number of unbranched alkanes of at least 4 members (excludes halogenated alkanes) is 7. The van der Waals surface area contributed by atoms with E-state index in [4.69, 9.17) is 5.11 Å². The minimum atomic E-state index is -0.757. The fourth-order valence-electron chi connectivity index (χ4n) is 6.70. The van der Waals surface area contributed by atoms with E-state index in [1.165, 1.54) is 0 Å². The van der Waals surface area contributed by atoms with Gasteiger partial charge in [0, 0.05) is 24.2 Å². The van der Waals surface area contributed by atoms with Crippen molar-refractivity contribution in [3.63, 3.8) is 0 Å². The Bertz CT molecular complexity index is 999. The molecule has 0 aromatic heterocycles. The highest BCUT2D eigenvalue weighted by Crippen LogP contribution is 2.51. The summed E-state index contributed by atoms with van der Waals surface area (Å²) in [6, 6.07) is 16.6. The molecule has 2 aromatic rings. The molecule has 0 radical (unpaired) electrons. The molecule has 0 aliphatic heterocycles. The summed E-state index contributed by atoms with van der Waals surface area (Å²) in [7, 11) is 0. The van der Waals surface area contributed by atoms with Gasteiger partial charge < -0.3 is 15.3 Å². The van der Waals surface area contributed by atoms with Gasteiger partial charge in [0.15, 0.2) is 0 Å². The van der Waals surface area contributed by atoms with Gasteiger partial charge in [0.2, 0.25) is 0 Å². The Balaban J connectivity index is 1.87. The van der Waals surface area contributed by atoms with Crippen LogP contribution in [-0.4, -0.2) is 27.1 Å². The van der Waals surface area contributed by atoms with Crippen molar-refractivity contribution < 1.29 is 24.9 Å². The van der Waals surface area contributed by atoms with E-state index in [0.717, 1.165) is 106 Å². The highest BCUT2D eigenvalue weighted by molar-refractivity contribution is 5.87. The number of aliphatic hydroxyl groups is 2. The first-order valence-electron chi connectivity index (χ1n) is 16.1. The van der Waals surface area contributed by atoms with Crippen molar-refractivity contribution in [1.29, 1.82) is 0 Å². The zero-order chi connectivity index (χ0) is 29.7. The average molecular weight is 565 g/mol. The number of carboxylic acids is 1. The topological polar surface area (TPSA) is 94.8 Å². The van der Waals surface area contributed by atoms with Crippen LogP contribution in [0.3, 0.4) is 0 Å². The third kappa shape index (κ3) is 8.99. The van der Waals surface area contributed by atoms with Crippen molar-refractivity contribution in [2.24, 2.45) is 5.92 Å². The van der Waals surface area contributed by atoms with Crippen LogP contribution in [0.15, 0.2) is 48.5 Å². The molecule has 2 aromatic carbocycles. The van der Waals surface area contributed by atoms with Gasteiger partial charge in [-0.05, 0) is 54.4 Å². The maximum Gasteiger partial charge on any atom is 0.303 e. The molecule has 0 amide bonds. The predicted molar refractivity (Wildman–Crippen MR) is 165 cm³/mol. The van der Waals surface area contributed by atoms with Crippen LogP contribution in [0.2, 0.25) is 0 Å². The van der Waals surface area contributed by atoms with Gasteiger partial charge >= 0.3 is 5.97 Å². The molecule has 41 heavy (non-hydrogen) atoms. The molecule has 5 heteroatoms. The van der Waals surface area contributed by atoms with Gasteiger partial charge in [0.25, 0.3) is 0 Å². The summed E-state index contributed by atoms with van der Waals surface area (Å²) in [5.41, 5.74) is 3.62. The van der Waals surface area contributed by atoms with Crippen LogP contribution in [0.25, 0.3) is 0 Å². The fourth-order valence-corrected chi connectivity index (χ4v) is 6.70. The van der Waals surface area contributed by atoms with Crippen molar-refractivity contribution in [3.05, 3.63) is 70.8 Å². The molecule has 0 spiro atoms. The Labute approximate surface area is 247 Å². The number of benzene rings is 2. The van der Waals surface area contributed by atoms with Gasteiger partial charge in [0.05, 0.1) is 12.2 Å². The number of hydrogen-bond acceptors (Lipinski definition) is 4. The molecular formula is C36H52O5. The van der Waals surface area contributed by atoms with Crippen LogP contribution in [-0.2, 0) is 15.0 Å². The van der Waals surface area contributed by atoms with Gasteiger partial charge in [-0.1, -0.05) is 120 Å². The van der Waals surface area contributed by atoms with Gasteiger partial charge in [-0.2, -0.15) is 0 Å². The highest BCUT2D eigenvalue weighted by atomic mass is 16.4. The van der Waals surface area contributed by atoms with Crippen LogP contribution < -0.4 is 0 Å². The maximum absolute atomic E-state index is 13.4. The first kappa shape index (κ1) is 33.0. The molecule has 1 unspecified atom stereocenters. The van der Waals surface area contributed by atoms with Crippen molar-refractivity contribution in [1.82, 2.24) is 0 Å². The zero-order valence-corrected chi connectivity index (χ0v) is 25.3. The molecule has 1 aliphatic carbocycles. The van der Waals surface area contributed by atoms with E-state index in [2.05, 4.69) is 38.1 Å². The Morgan fingerprint density at radius 1 is 0.756 bits per heavy atom. The van der Waals surface area contributed by atoms with Crippen molar-refractivity contribution in [3.8, 4) is 0 Å². The number of aliphatic hydroxyl groups excluding tert-OH is 2. The summed E-state index contributed by atoms with van der Waals surface area (Å²) in [6.45, 7) is 4.32. The molecule has 226 valence electrons. The van der Waals surface area contributed by atoms with E-state index in [1.54, 1.807) is 0 Å². The molecule has 4 atom stereocenters. The summed E-state index contributed by atoms with van der Waals surface area (Å²) in [5.74, 6) is -0.613. The predicted octanol–water partition coefficient (Wildman–Crippen LogP) is 8.60. The van der Waals surface area contributed by atoms with E-state index in [1.807, 2.05) is 24.3 Å². The van der Waals surface area contributed by atoms with Crippen molar-refractivity contribution in [2.75, 3.05) is 0 Å². The molecule has 3 N–H and O–H groups in total. The minimum Gasteiger partial charge on any atom is -0.481 e.